The molecule has 1 aliphatic rings. The van der Waals surface area contributed by atoms with Gasteiger partial charge in [-0.3, -0.25) is 14.6 Å². The number of nitrogens with zero attached hydrogens (tertiary/aromatic N) is 1. The molecule has 1 aliphatic heterocycles. The van der Waals surface area contributed by atoms with Crippen molar-refractivity contribution in [1.29, 1.82) is 0 Å². The Morgan fingerprint density at radius 3 is 2.56 bits per heavy atom. The van der Waals surface area contributed by atoms with E-state index < -0.39 is 0 Å². The van der Waals surface area contributed by atoms with Gasteiger partial charge in [-0.15, -0.1) is 0 Å². The number of anilines is 1. The van der Waals surface area contributed by atoms with Gasteiger partial charge in [-0.2, -0.15) is 0 Å². The van der Waals surface area contributed by atoms with Crippen molar-refractivity contribution in [2.24, 2.45) is 0 Å². The van der Waals surface area contributed by atoms with E-state index in [2.05, 4.69) is 35.5 Å². The monoisotopic (exact) mass is 477 g/mol. The van der Waals surface area contributed by atoms with Crippen LogP contribution in [-0.2, 0) is 6.42 Å². The van der Waals surface area contributed by atoms with Crippen LogP contribution in [0, 0.1) is 0 Å². The first kappa shape index (κ1) is 23.3. The second kappa shape index (κ2) is 9.30. The Kier molecular flexibility index (Phi) is 6.02. The third-order valence-corrected chi connectivity index (χ3v) is 6.28. The van der Waals surface area contributed by atoms with Crippen LogP contribution in [0.25, 0.3) is 16.6 Å². The molecule has 0 bridgehead atoms. The van der Waals surface area contributed by atoms with E-state index in [4.69, 9.17) is 4.74 Å². The number of ether oxygens (including phenoxy) is 1. The fraction of sp³-hybridized carbons (Fsp3) is 0.167. The molecular weight excluding hydrogens is 450 g/mol. The van der Waals surface area contributed by atoms with Gasteiger partial charge in [0.05, 0.1) is 12.6 Å². The second-order valence-electron chi connectivity index (χ2n) is 9.57. The molecule has 0 saturated heterocycles. The Hall–Kier alpha value is -4.45. The van der Waals surface area contributed by atoms with Crippen LogP contribution in [0.15, 0.2) is 85.1 Å². The van der Waals surface area contributed by atoms with Crippen LogP contribution >= 0.6 is 0 Å². The van der Waals surface area contributed by atoms with Gasteiger partial charge in [0.25, 0.3) is 5.91 Å². The van der Waals surface area contributed by atoms with Gasteiger partial charge in [0.2, 0.25) is 0 Å². The Morgan fingerprint density at radius 1 is 1.00 bits per heavy atom. The van der Waals surface area contributed by atoms with E-state index in [-0.39, 0.29) is 17.2 Å². The molecular formula is C30H27N3O3. The van der Waals surface area contributed by atoms with E-state index in [0.29, 0.717) is 16.8 Å². The van der Waals surface area contributed by atoms with Crippen molar-refractivity contribution in [3.8, 4) is 5.75 Å². The lowest BCUT2D eigenvalue weighted by atomic mass is 9.85. The molecule has 0 atom stereocenters. The van der Waals surface area contributed by atoms with Crippen molar-refractivity contribution < 1.29 is 14.3 Å². The van der Waals surface area contributed by atoms with Crippen molar-refractivity contribution in [3.63, 3.8) is 0 Å². The summed E-state index contributed by atoms with van der Waals surface area (Å²) in [5.74, 6) is 0.358. The van der Waals surface area contributed by atoms with Crippen LogP contribution in [0.1, 0.15) is 45.7 Å². The maximum Gasteiger partial charge on any atom is 0.255 e. The lowest BCUT2D eigenvalue weighted by Gasteiger charge is -2.35. The van der Waals surface area contributed by atoms with E-state index in [9.17, 15) is 9.59 Å². The quantitative estimate of drug-likeness (QED) is 0.287. The Morgan fingerprint density at radius 2 is 1.78 bits per heavy atom. The molecule has 6 heteroatoms. The van der Waals surface area contributed by atoms with Gasteiger partial charge in [-0.05, 0) is 74.4 Å². The average molecular weight is 478 g/mol. The average Bonchev–Trinajstić information content (AvgIpc) is 2.88. The van der Waals surface area contributed by atoms with Crippen LogP contribution in [-0.4, -0.2) is 29.3 Å². The third-order valence-electron chi connectivity index (χ3n) is 6.28. The number of rotatable bonds is 5. The molecule has 3 aromatic carbocycles. The summed E-state index contributed by atoms with van der Waals surface area (Å²) in [6.07, 6.45) is 4.20. The summed E-state index contributed by atoms with van der Waals surface area (Å²) < 4.78 is 5.39. The van der Waals surface area contributed by atoms with E-state index in [1.165, 1.54) is 0 Å². The summed E-state index contributed by atoms with van der Waals surface area (Å²) in [5.41, 5.74) is 5.23. The minimum Gasteiger partial charge on any atom is -0.497 e. The number of fused-ring (bicyclic) bond motifs is 2. The number of carbonyl (C=O) groups excluding carboxylic acids is 2. The highest BCUT2D eigenvalue weighted by Gasteiger charge is 2.28. The third kappa shape index (κ3) is 4.84. The highest BCUT2D eigenvalue weighted by molar-refractivity contribution is 6.10. The number of hydrogen-bond acceptors (Lipinski definition) is 5. The molecule has 6 nitrogen and oxygen atoms in total. The van der Waals surface area contributed by atoms with Gasteiger partial charge < -0.3 is 15.4 Å². The Bertz CT molecular complexity index is 1500. The number of aromatic nitrogens is 1. The van der Waals surface area contributed by atoms with Crippen molar-refractivity contribution in [2.75, 3.05) is 12.4 Å². The first-order valence-corrected chi connectivity index (χ1v) is 11.8. The smallest absolute Gasteiger partial charge is 0.255 e. The van der Waals surface area contributed by atoms with Crippen LogP contribution < -0.4 is 15.4 Å². The number of carbonyl (C=O) groups is 2. The van der Waals surface area contributed by atoms with Crippen molar-refractivity contribution >= 4 is 34.0 Å². The summed E-state index contributed by atoms with van der Waals surface area (Å²) in [6, 6.07) is 22.0. The minimum atomic E-state index is -0.243. The molecule has 2 N–H and O–H groups in total. The zero-order valence-corrected chi connectivity index (χ0v) is 20.5. The van der Waals surface area contributed by atoms with Gasteiger partial charge in [-0.1, -0.05) is 24.3 Å². The maximum absolute atomic E-state index is 13.1. The van der Waals surface area contributed by atoms with E-state index >= 15 is 0 Å². The molecule has 0 radical (unpaired) electrons. The highest BCUT2D eigenvalue weighted by Crippen LogP contribution is 2.32. The SMILES string of the molecule is COc1ccc2c(c1)C(=CC(=O)c1ccc(C(=O)Nc3ccc4ncccc4c3)cc1)NC(C)(C)C2. The van der Waals surface area contributed by atoms with Crippen LogP contribution in [0.4, 0.5) is 5.69 Å². The first-order valence-electron chi connectivity index (χ1n) is 11.8. The number of amides is 1. The zero-order chi connectivity index (χ0) is 25.3. The lowest BCUT2D eigenvalue weighted by molar-refractivity contribution is 0.102. The molecule has 5 rings (SSSR count). The molecule has 2 heterocycles. The second-order valence-corrected chi connectivity index (χ2v) is 9.57. The fourth-order valence-corrected chi connectivity index (χ4v) is 4.51. The predicted molar refractivity (Wildman–Crippen MR) is 142 cm³/mol. The predicted octanol–water partition coefficient (Wildman–Crippen LogP) is 5.64. The molecule has 4 aromatic rings. The standard InChI is InChI=1S/C30H27N3O3/c1-30(2)18-22-10-12-24(36-3)16-25(22)27(33-30)17-28(34)19-6-8-20(9-7-19)29(35)32-23-11-13-26-21(15-23)5-4-14-31-26/h4-17,33H,18H2,1-3H3,(H,32,35). The fourth-order valence-electron chi connectivity index (χ4n) is 4.51. The van der Waals surface area contributed by atoms with Crippen molar-refractivity contribution in [3.05, 3.63) is 107 Å². The molecule has 0 fully saturated rings. The van der Waals surface area contributed by atoms with E-state index in [1.807, 2.05) is 42.5 Å². The summed E-state index contributed by atoms with van der Waals surface area (Å²) in [6.45, 7) is 4.22. The number of nitrogens with one attached hydrogen (secondary N) is 2. The summed E-state index contributed by atoms with van der Waals surface area (Å²) in [7, 11) is 1.63. The Balaban J connectivity index is 1.35. The number of hydrogen-bond donors (Lipinski definition) is 2. The largest absolute Gasteiger partial charge is 0.497 e. The van der Waals surface area contributed by atoms with Gasteiger partial charge in [-0.25, -0.2) is 0 Å². The molecule has 180 valence electrons. The molecule has 0 unspecified atom stereocenters. The van der Waals surface area contributed by atoms with Gasteiger partial charge in [0.15, 0.2) is 5.78 Å². The molecule has 1 aromatic heterocycles. The minimum absolute atomic E-state index is 0.141. The molecule has 0 spiro atoms. The number of allylic oxidation sites excluding steroid dienone is 1. The van der Waals surface area contributed by atoms with Gasteiger partial charge in [0.1, 0.15) is 5.75 Å². The summed E-state index contributed by atoms with van der Waals surface area (Å²) >= 11 is 0. The molecule has 36 heavy (non-hydrogen) atoms. The van der Waals surface area contributed by atoms with Crippen LogP contribution in [0.5, 0.6) is 5.75 Å². The lowest BCUT2D eigenvalue weighted by Crippen LogP contribution is -2.43. The number of methoxy groups -OCH3 is 1. The normalized spacial score (nSPS) is 15.1. The van der Waals surface area contributed by atoms with Gasteiger partial charge in [0, 0.05) is 51.3 Å². The summed E-state index contributed by atoms with van der Waals surface area (Å²) in [4.78, 5) is 30.2. The number of pyridine rings is 1. The molecule has 0 aliphatic carbocycles. The topological polar surface area (TPSA) is 80.3 Å². The first-order chi connectivity index (χ1) is 17.3. The Labute approximate surface area is 210 Å². The van der Waals surface area contributed by atoms with Crippen molar-refractivity contribution in [2.45, 2.75) is 25.8 Å². The maximum atomic E-state index is 13.1. The van der Waals surface area contributed by atoms with E-state index in [0.717, 1.165) is 39.9 Å². The molecule has 0 saturated carbocycles. The van der Waals surface area contributed by atoms with Crippen LogP contribution in [0.3, 0.4) is 0 Å². The van der Waals surface area contributed by atoms with E-state index in [1.54, 1.807) is 43.6 Å². The van der Waals surface area contributed by atoms with Gasteiger partial charge >= 0.3 is 0 Å². The summed E-state index contributed by atoms with van der Waals surface area (Å²) in [5, 5.41) is 7.34. The van der Waals surface area contributed by atoms with Crippen molar-refractivity contribution in [1.82, 2.24) is 10.3 Å². The number of benzene rings is 3. The zero-order valence-electron chi connectivity index (χ0n) is 20.5. The number of ketones is 1. The van der Waals surface area contributed by atoms with Crippen LogP contribution in [0.2, 0.25) is 0 Å². The molecule has 1 amide bonds. The highest BCUT2D eigenvalue weighted by atomic mass is 16.5.